The third-order valence-electron chi connectivity index (χ3n) is 1.80. The Kier molecular flexibility index (Phi) is 5.03. The van der Waals surface area contributed by atoms with Gasteiger partial charge in [-0.2, -0.15) is 0 Å². The molecule has 0 fully saturated rings. The molecule has 0 aliphatic rings. The van der Waals surface area contributed by atoms with Crippen LogP contribution in [0.3, 0.4) is 0 Å². The van der Waals surface area contributed by atoms with Crippen LogP contribution < -0.4 is 0 Å². The number of hydrogen-bond acceptors (Lipinski definition) is 2. The maximum absolute atomic E-state index is 12.7. The van der Waals surface area contributed by atoms with Crippen LogP contribution in [-0.4, -0.2) is 16.1 Å². The molecule has 0 spiro atoms. The predicted molar refractivity (Wildman–Crippen MR) is 65.9 cm³/mol. The summed E-state index contributed by atoms with van der Waals surface area (Å²) in [5, 5.41) is 8.96. The maximum atomic E-state index is 12.7. The molecule has 16 heavy (non-hydrogen) atoms. The molecule has 0 radical (unpaired) electrons. The zero-order chi connectivity index (χ0) is 12.3. The van der Waals surface area contributed by atoms with Gasteiger partial charge >= 0.3 is 5.97 Å². The summed E-state index contributed by atoms with van der Waals surface area (Å²) in [6.45, 7) is 0. The second-order valence-corrected chi connectivity index (χ2v) is 4.61. The minimum atomic E-state index is -2.62. The third-order valence-corrected chi connectivity index (χ3v) is 3.62. The highest BCUT2D eigenvalue weighted by atomic mass is 127. The molecule has 7 heteroatoms. The third kappa shape index (κ3) is 3.34. The minimum absolute atomic E-state index is 0.165. The van der Waals surface area contributed by atoms with E-state index in [4.69, 9.17) is 5.11 Å². The molecule has 1 rings (SSSR count). The van der Waals surface area contributed by atoms with Gasteiger partial charge in [0.05, 0.1) is 17.8 Å². The van der Waals surface area contributed by atoms with Crippen molar-refractivity contribution in [3.05, 3.63) is 26.6 Å². The standard InChI is InChI=1S/C9H7BrF2INO2/c10-3-4-1-5(9(11)12)8(13)6(14-4)2-7(15)16/h1,9H,2-3H2,(H,15,16). The summed E-state index contributed by atoms with van der Waals surface area (Å²) < 4.78 is 25.6. The molecule has 1 N–H and O–H groups in total. The van der Waals surface area contributed by atoms with Gasteiger partial charge in [-0.1, -0.05) is 15.9 Å². The molecule has 0 aromatic carbocycles. The normalized spacial score (nSPS) is 10.8. The molecular formula is C9H7BrF2INO2. The second kappa shape index (κ2) is 5.85. The Bertz CT molecular complexity index is 415. The van der Waals surface area contributed by atoms with E-state index in [-0.39, 0.29) is 21.2 Å². The summed E-state index contributed by atoms with van der Waals surface area (Å²) in [5.74, 6) is -1.09. The lowest BCUT2D eigenvalue weighted by Crippen LogP contribution is -2.08. The van der Waals surface area contributed by atoms with Crippen LogP contribution in [0.25, 0.3) is 0 Å². The quantitative estimate of drug-likeness (QED) is 0.618. The number of alkyl halides is 3. The zero-order valence-electron chi connectivity index (χ0n) is 7.88. The van der Waals surface area contributed by atoms with Gasteiger partial charge in [0.2, 0.25) is 0 Å². The zero-order valence-corrected chi connectivity index (χ0v) is 11.6. The number of carbonyl (C=O) groups is 1. The van der Waals surface area contributed by atoms with Crippen LogP contribution in [-0.2, 0) is 16.5 Å². The lowest BCUT2D eigenvalue weighted by molar-refractivity contribution is -0.136. The monoisotopic (exact) mass is 405 g/mol. The molecular weight excluding hydrogens is 399 g/mol. The Labute approximate surface area is 113 Å². The molecule has 1 aromatic heterocycles. The van der Waals surface area contributed by atoms with Crippen molar-refractivity contribution in [2.24, 2.45) is 0 Å². The Morgan fingerprint density at radius 1 is 1.62 bits per heavy atom. The lowest BCUT2D eigenvalue weighted by Gasteiger charge is -2.09. The average molecular weight is 406 g/mol. The first-order valence-electron chi connectivity index (χ1n) is 4.19. The molecule has 0 amide bonds. The Morgan fingerprint density at radius 2 is 2.25 bits per heavy atom. The van der Waals surface area contributed by atoms with Crippen molar-refractivity contribution in [1.82, 2.24) is 4.98 Å². The van der Waals surface area contributed by atoms with E-state index in [1.807, 2.05) is 0 Å². The molecule has 0 bridgehead atoms. The highest BCUT2D eigenvalue weighted by Gasteiger charge is 2.18. The smallest absolute Gasteiger partial charge is 0.309 e. The van der Waals surface area contributed by atoms with Crippen LogP contribution in [0.1, 0.15) is 23.4 Å². The van der Waals surface area contributed by atoms with E-state index in [0.29, 0.717) is 11.0 Å². The van der Waals surface area contributed by atoms with Crippen molar-refractivity contribution in [2.75, 3.05) is 0 Å². The largest absolute Gasteiger partial charge is 0.481 e. The van der Waals surface area contributed by atoms with E-state index in [1.54, 1.807) is 22.6 Å². The number of carboxylic acid groups (broad SMARTS) is 1. The van der Waals surface area contributed by atoms with Crippen LogP contribution in [0.2, 0.25) is 0 Å². The van der Waals surface area contributed by atoms with Crippen molar-refractivity contribution in [1.29, 1.82) is 0 Å². The van der Waals surface area contributed by atoms with Gasteiger partial charge in [-0.25, -0.2) is 8.78 Å². The van der Waals surface area contributed by atoms with E-state index in [2.05, 4.69) is 20.9 Å². The molecule has 0 saturated carbocycles. The molecule has 3 nitrogen and oxygen atoms in total. The summed E-state index contributed by atoms with van der Waals surface area (Å²) in [5.41, 5.74) is 0.425. The van der Waals surface area contributed by atoms with E-state index in [9.17, 15) is 13.6 Å². The van der Waals surface area contributed by atoms with Gasteiger partial charge < -0.3 is 5.11 Å². The number of carboxylic acids is 1. The highest BCUT2D eigenvalue weighted by molar-refractivity contribution is 14.1. The number of aliphatic carboxylic acids is 1. The number of rotatable bonds is 4. The Morgan fingerprint density at radius 3 is 2.69 bits per heavy atom. The van der Waals surface area contributed by atoms with Crippen LogP contribution >= 0.6 is 38.5 Å². The lowest BCUT2D eigenvalue weighted by atomic mass is 10.1. The summed E-state index contributed by atoms with van der Waals surface area (Å²) in [6, 6.07) is 1.28. The molecule has 88 valence electrons. The van der Waals surface area contributed by atoms with Crippen molar-refractivity contribution < 1.29 is 18.7 Å². The van der Waals surface area contributed by atoms with Crippen LogP contribution in [0.15, 0.2) is 6.07 Å². The van der Waals surface area contributed by atoms with E-state index < -0.39 is 12.4 Å². The summed E-state index contributed by atoms with van der Waals surface area (Å²) >= 11 is 4.81. The topological polar surface area (TPSA) is 50.2 Å². The Balaban J connectivity index is 3.25. The molecule has 0 saturated heterocycles. The van der Waals surface area contributed by atoms with Gasteiger partial charge in [-0.3, -0.25) is 9.78 Å². The molecule has 0 aliphatic carbocycles. The fourth-order valence-electron chi connectivity index (χ4n) is 1.15. The molecule has 1 heterocycles. The SMILES string of the molecule is O=C(O)Cc1nc(CBr)cc(C(F)F)c1I. The van der Waals surface area contributed by atoms with Crippen molar-refractivity contribution >= 4 is 44.5 Å². The van der Waals surface area contributed by atoms with E-state index in [1.165, 1.54) is 6.07 Å². The van der Waals surface area contributed by atoms with Crippen LogP contribution in [0, 0.1) is 3.57 Å². The van der Waals surface area contributed by atoms with Gasteiger partial charge in [-0.15, -0.1) is 0 Å². The fraction of sp³-hybridized carbons (Fsp3) is 0.333. The highest BCUT2D eigenvalue weighted by Crippen LogP contribution is 2.27. The summed E-state index contributed by atoms with van der Waals surface area (Å²) in [4.78, 5) is 14.6. The maximum Gasteiger partial charge on any atom is 0.309 e. The number of aromatic nitrogens is 1. The van der Waals surface area contributed by atoms with E-state index in [0.717, 1.165) is 0 Å². The van der Waals surface area contributed by atoms with Gasteiger partial charge in [0.15, 0.2) is 0 Å². The van der Waals surface area contributed by atoms with Gasteiger partial charge in [0.1, 0.15) is 0 Å². The first-order valence-corrected chi connectivity index (χ1v) is 6.39. The molecule has 0 aliphatic heterocycles. The molecule has 0 atom stereocenters. The number of hydrogen-bond donors (Lipinski definition) is 1. The van der Waals surface area contributed by atoms with Gasteiger partial charge in [0, 0.05) is 14.5 Å². The fourth-order valence-corrected chi connectivity index (χ4v) is 2.14. The van der Waals surface area contributed by atoms with Gasteiger partial charge in [-0.05, 0) is 28.7 Å². The first-order chi connectivity index (χ1) is 7.45. The average Bonchev–Trinajstić information content (AvgIpc) is 2.19. The van der Waals surface area contributed by atoms with Crippen LogP contribution in [0.4, 0.5) is 8.78 Å². The number of nitrogens with zero attached hydrogens (tertiary/aromatic N) is 1. The van der Waals surface area contributed by atoms with Crippen molar-refractivity contribution in [3.8, 4) is 0 Å². The summed E-state index contributed by atoms with van der Waals surface area (Å²) in [7, 11) is 0. The van der Waals surface area contributed by atoms with Crippen molar-refractivity contribution in [3.63, 3.8) is 0 Å². The predicted octanol–water partition coefficient (Wildman–Crippen LogP) is 3.15. The van der Waals surface area contributed by atoms with Gasteiger partial charge in [0.25, 0.3) is 6.43 Å². The van der Waals surface area contributed by atoms with Crippen molar-refractivity contribution in [2.45, 2.75) is 18.2 Å². The first kappa shape index (κ1) is 13.8. The van der Waals surface area contributed by atoms with E-state index >= 15 is 0 Å². The molecule has 0 unspecified atom stereocenters. The molecule has 1 aromatic rings. The number of halogens is 4. The van der Waals surface area contributed by atoms with Crippen LogP contribution in [0.5, 0.6) is 0 Å². The summed E-state index contributed by atoms with van der Waals surface area (Å²) in [6.07, 6.45) is -2.97. The second-order valence-electron chi connectivity index (χ2n) is 2.97. The Hall–Kier alpha value is -0.310. The minimum Gasteiger partial charge on any atom is -0.481 e. The number of pyridine rings is 1.